The Morgan fingerprint density at radius 2 is 1.63 bits per heavy atom. The van der Waals surface area contributed by atoms with Crippen molar-refractivity contribution < 1.29 is 34.1 Å². The largest absolute Gasteiger partial charge is 0.480 e. The molecule has 51 heavy (non-hydrogen) atoms. The molecule has 8 N–H and O–H groups in total. The summed E-state index contributed by atoms with van der Waals surface area (Å²) in [6.07, 6.45) is 4.08. The Morgan fingerprint density at radius 3 is 2.14 bits per heavy atom. The number of benzene rings is 1. The van der Waals surface area contributed by atoms with Crippen molar-refractivity contribution in [1.82, 2.24) is 16.0 Å². The molecule has 0 bridgehead atoms. The molecule has 0 fully saturated rings. The summed E-state index contributed by atoms with van der Waals surface area (Å²) >= 11 is 0. The molecule has 0 saturated carbocycles. The van der Waals surface area contributed by atoms with Crippen LogP contribution in [0.1, 0.15) is 112 Å². The van der Waals surface area contributed by atoms with E-state index in [4.69, 9.17) is 15.6 Å². The Balaban J connectivity index is 0. The number of nitrogens with zero attached hydrogens (tertiary/aromatic N) is 1. The second-order valence-electron chi connectivity index (χ2n) is 11.9. The molecule has 3 amide bonds. The van der Waals surface area contributed by atoms with Gasteiger partial charge < -0.3 is 42.0 Å². The quantitative estimate of drug-likeness (QED) is 0.110. The summed E-state index contributed by atoms with van der Waals surface area (Å²) in [6.45, 7) is 25.7. The van der Waals surface area contributed by atoms with Gasteiger partial charge in [-0.1, -0.05) is 54.2 Å². The van der Waals surface area contributed by atoms with Gasteiger partial charge in [0.1, 0.15) is 17.6 Å². The Bertz CT molecular complexity index is 1350. The maximum absolute atomic E-state index is 12.8. The normalized spacial score (nSPS) is 14.2. The number of nitrogens with two attached hydrogens (primary N) is 1. The molecule has 1 heterocycles. The van der Waals surface area contributed by atoms with Gasteiger partial charge in [-0.15, -0.1) is 0 Å². The van der Waals surface area contributed by atoms with Crippen LogP contribution in [0.25, 0.3) is 0 Å². The van der Waals surface area contributed by atoms with Gasteiger partial charge in [0.05, 0.1) is 17.8 Å². The number of aliphatic hydroxyl groups is 1. The molecule has 1 atom stereocenters. The first-order valence-corrected chi connectivity index (χ1v) is 17.7. The Labute approximate surface area is 305 Å². The molecule has 0 radical (unpaired) electrons. The molecule has 0 spiro atoms. The molecule has 0 aliphatic carbocycles. The Hall–Kier alpha value is -4.49. The fraction of sp³-hybridized carbons (Fsp3) is 0.553. The number of hydrogen-bond acceptors (Lipinski definition) is 9. The molecule has 1 aliphatic rings. The summed E-state index contributed by atoms with van der Waals surface area (Å²) in [5, 5.41) is 29.8. The number of nitrogens with one attached hydrogen (secondary N) is 4. The van der Waals surface area contributed by atoms with E-state index in [2.05, 4.69) is 32.8 Å². The van der Waals surface area contributed by atoms with E-state index in [1.165, 1.54) is 6.08 Å². The second kappa shape index (κ2) is 25.5. The summed E-state index contributed by atoms with van der Waals surface area (Å²) in [7, 11) is 0. The third kappa shape index (κ3) is 19.5. The van der Waals surface area contributed by atoms with Gasteiger partial charge in [-0.05, 0) is 84.2 Å². The average Bonchev–Trinajstić information content (AvgIpc) is 3.08. The van der Waals surface area contributed by atoms with E-state index in [9.17, 15) is 24.3 Å². The number of ether oxygens (including phenoxy) is 1. The maximum Gasteiger partial charge on any atom is 0.326 e. The monoisotopic (exact) mass is 716 g/mol. The summed E-state index contributed by atoms with van der Waals surface area (Å²) < 4.78 is 5.81. The first kappa shape index (κ1) is 48.6. The molecular weight excluding hydrogens is 652 g/mol. The topological polar surface area (TPSA) is 204 Å². The summed E-state index contributed by atoms with van der Waals surface area (Å²) in [5.74, 6) is -2.43. The number of amides is 3. The highest BCUT2D eigenvalue weighted by Crippen LogP contribution is 2.18. The number of carbonyl (C=O) groups excluding carboxylic acids is 3. The van der Waals surface area contributed by atoms with Crippen molar-refractivity contribution in [3.63, 3.8) is 0 Å². The van der Waals surface area contributed by atoms with Crippen LogP contribution in [0.15, 0.2) is 65.1 Å². The van der Waals surface area contributed by atoms with E-state index in [0.29, 0.717) is 36.4 Å². The molecular formula is C38H64N6O7. The number of anilines is 1. The molecule has 2 rings (SSSR count). The van der Waals surface area contributed by atoms with Crippen LogP contribution in [0.2, 0.25) is 0 Å². The van der Waals surface area contributed by atoms with Gasteiger partial charge in [-0.25, -0.2) is 9.79 Å². The fourth-order valence-electron chi connectivity index (χ4n) is 4.23. The molecule has 1 unspecified atom stereocenters. The molecule has 1 aliphatic heterocycles. The van der Waals surface area contributed by atoms with Crippen molar-refractivity contribution in [2.24, 2.45) is 10.7 Å². The van der Waals surface area contributed by atoms with E-state index in [0.717, 1.165) is 0 Å². The summed E-state index contributed by atoms with van der Waals surface area (Å²) in [5.41, 5.74) is 6.58. The van der Waals surface area contributed by atoms with Gasteiger partial charge in [0.15, 0.2) is 0 Å². The zero-order chi connectivity index (χ0) is 39.8. The van der Waals surface area contributed by atoms with Gasteiger partial charge in [0.25, 0.3) is 11.8 Å². The highest BCUT2D eigenvalue weighted by Gasteiger charge is 2.26. The van der Waals surface area contributed by atoms with Crippen molar-refractivity contribution in [3.05, 3.63) is 65.7 Å². The molecule has 1 aromatic rings. The highest BCUT2D eigenvalue weighted by atomic mass is 16.5. The van der Waals surface area contributed by atoms with Crippen LogP contribution in [0.3, 0.4) is 0 Å². The standard InChI is InChI=1S/C32H46N6O7.3C2H6/c1-7-22(35-27-20(2)18-25(33)37-29(27)42)19-34-23-10-8-21(9-11-23)28(41)36-24(30(43)44)12-13-26(40)38-31(3,4)15-17-45-32(5,6)14-16-39;3*1-2/h7-11,18,24,34,39H,2,12-17,19,33H2,1,3-6H3,(H,36,41)(H,37,42)(H,38,40)(H,43,44);3*1-2H3/b22-7-,35-27?;;;. The third-order valence-electron chi connectivity index (χ3n) is 6.99. The minimum atomic E-state index is -1.26. The van der Waals surface area contributed by atoms with E-state index >= 15 is 0 Å². The smallest absolute Gasteiger partial charge is 0.326 e. The van der Waals surface area contributed by atoms with Crippen molar-refractivity contribution in [3.8, 4) is 0 Å². The van der Waals surface area contributed by atoms with Crippen molar-refractivity contribution in [1.29, 1.82) is 0 Å². The first-order chi connectivity index (χ1) is 24.1. The lowest BCUT2D eigenvalue weighted by atomic mass is 9.99. The summed E-state index contributed by atoms with van der Waals surface area (Å²) in [6, 6.07) is 5.14. The number of aliphatic imine (C=N–C) groups is 1. The maximum atomic E-state index is 12.8. The van der Waals surface area contributed by atoms with Crippen LogP contribution in [0.4, 0.5) is 5.69 Å². The second-order valence-corrected chi connectivity index (χ2v) is 11.9. The van der Waals surface area contributed by atoms with Gasteiger partial charge >= 0.3 is 5.97 Å². The number of carboxylic acids is 1. The number of rotatable bonds is 17. The van der Waals surface area contributed by atoms with Gasteiger partial charge in [-0.2, -0.15) is 0 Å². The van der Waals surface area contributed by atoms with Crippen LogP contribution in [0.5, 0.6) is 0 Å². The number of aliphatic hydroxyl groups excluding tert-OH is 1. The Kier molecular flexibility index (Phi) is 24.3. The van der Waals surface area contributed by atoms with Gasteiger partial charge in [0, 0.05) is 42.0 Å². The van der Waals surface area contributed by atoms with Crippen LogP contribution in [-0.4, -0.2) is 76.6 Å². The molecule has 13 nitrogen and oxygen atoms in total. The number of carbonyl (C=O) groups is 4. The lowest BCUT2D eigenvalue weighted by Crippen LogP contribution is -2.46. The number of hydrogen-bond donors (Lipinski definition) is 7. The van der Waals surface area contributed by atoms with E-state index in [1.807, 2.05) is 69.2 Å². The minimum Gasteiger partial charge on any atom is -0.480 e. The van der Waals surface area contributed by atoms with E-state index in [-0.39, 0.29) is 49.0 Å². The van der Waals surface area contributed by atoms with Crippen molar-refractivity contribution in [2.75, 3.05) is 25.1 Å². The molecule has 1 aromatic carbocycles. The van der Waals surface area contributed by atoms with E-state index < -0.39 is 35.0 Å². The summed E-state index contributed by atoms with van der Waals surface area (Å²) in [4.78, 5) is 53.8. The lowest BCUT2D eigenvalue weighted by molar-refractivity contribution is -0.139. The fourth-order valence-corrected chi connectivity index (χ4v) is 4.23. The molecule has 288 valence electrons. The van der Waals surface area contributed by atoms with E-state index in [1.54, 1.807) is 37.3 Å². The highest BCUT2D eigenvalue weighted by molar-refractivity contribution is 6.47. The number of allylic oxidation sites excluding steroid dienone is 2. The number of carboxylic acid groups (broad SMARTS) is 1. The number of aliphatic carboxylic acids is 1. The predicted molar refractivity (Wildman–Crippen MR) is 206 cm³/mol. The third-order valence-corrected chi connectivity index (χ3v) is 6.99. The molecule has 0 saturated heterocycles. The molecule has 13 heteroatoms. The van der Waals surface area contributed by atoms with Crippen LogP contribution < -0.4 is 27.0 Å². The van der Waals surface area contributed by atoms with Gasteiger partial charge in [-0.3, -0.25) is 14.4 Å². The zero-order valence-electron chi connectivity index (χ0n) is 32.7. The van der Waals surface area contributed by atoms with Crippen molar-refractivity contribution >= 4 is 35.1 Å². The Morgan fingerprint density at radius 1 is 1.04 bits per heavy atom. The zero-order valence-corrected chi connectivity index (χ0v) is 32.7. The van der Waals surface area contributed by atoms with Crippen LogP contribution in [0, 0.1) is 0 Å². The van der Waals surface area contributed by atoms with Crippen molar-refractivity contribution in [2.45, 2.75) is 119 Å². The molecule has 0 aromatic heterocycles. The minimum absolute atomic E-state index is 0.0150. The first-order valence-electron chi connectivity index (χ1n) is 17.7. The van der Waals surface area contributed by atoms with Gasteiger partial charge in [0.2, 0.25) is 5.91 Å². The lowest BCUT2D eigenvalue weighted by Gasteiger charge is -2.30. The van der Waals surface area contributed by atoms with Crippen LogP contribution >= 0.6 is 0 Å². The van der Waals surface area contributed by atoms with Crippen LogP contribution in [-0.2, 0) is 19.1 Å². The predicted octanol–water partition coefficient (Wildman–Crippen LogP) is 5.43. The SMILES string of the molecule is C=C1C=C(N)NC(=O)C1=N/C(=C\C)CNc1ccc(C(=O)NC(CCC(=O)NC(C)(C)CCOC(C)(C)CCO)C(=O)O)cc1.CC.CC.CC. The average molecular weight is 717 g/mol.